The molecule has 0 amide bonds. The number of nitrogens with two attached hydrogens (primary N) is 1. The second-order valence-corrected chi connectivity index (χ2v) is 3.43. The number of benzene rings is 1. The van der Waals surface area contributed by atoms with E-state index in [2.05, 4.69) is 5.43 Å². The highest BCUT2D eigenvalue weighted by atomic mass is 35.5. The third-order valence-corrected chi connectivity index (χ3v) is 2.66. The molecule has 0 bridgehead atoms. The van der Waals surface area contributed by atoms with Gasteiger partial charge in [0, 0.05) is 10.8 Å². The van der Waals surface area contributed by atoms with Crippen LogP contribution < -0.4 is 11.3 Å². The standard InChI is InChI=1S/C8H11ClN2S/c1-12-8-4-6(5-9)2-3-7(8)11-10/h2-4,11H,5,10H2,1H3. The summed E-state index contributed by atoms with van der Waals surface area (Å²) in [5.41, 5.74) is 4.69. The molecule has 1 aromatic rings. The Bertz CT molecular complexity index is 265. The number of nitrogens with one attached hydrogen (secondary N) is 1. The lowest BCUT2D eigenvalue weighted by molar-refractivity contribution is 1.26. The van der Waals surface area contributed by atoms with Gasteiger partial charge in [-0.2, -0.15) is 0 Å². The van der Waals surface area contributed by atoms with Crippen LogP contribution in [0, 0.1) is 0 Å². The molecule has 1 rings (SSSR count). The Balaban J connectivity index is 3.02. The van der Waals surface area contributed by atoms with Crippen molar-refractivity contribution in [1.29, 1.82) is 0 Å². The third kappa shape index (κ3) is 2.06. The number of nitrogen functional groups attached to an aromatic ring is 1. The number of rotatable bonds is 3. The first kappa shape index (κ1) is 9.71. The van der Waals surface area contributed by atoms with E-state index in [0.29, 0.717) is 5.88 Å². The zero-order chi connectivity index (χ0) is 8.97. The van der Waals surface area contributed by atoms with E-state index in [1.807, 2.05) is 24.5 Å². The van der Waals surface area contributed by atoms with E-state index in [1.165, 1.54) is 0 Å². The molecule has 66 valence electrons. The lowest BCUT2D eigenvalue weighted by Gasteiger charge is -2.07. The van der Waals surface area contributed by atoms with Crippen LogP contribution in [0.3, 0.4) is 0 Å². The molecule has 0 aromatic heterocycles. The first-order chi connectivity index (χ1) is 5.81. The Kier molecular flexibility index (Phi) is 3.72. The van der Waals surface area contributed by atoms with Crippen molar-refractivity contribution in [2.45, 2.75) is 10.8 Å². The second-order valence-electron chi connectivity index (χ2n) is 2.31. The van der Waals surface area contributed by atoms with Crippen LogP contribution in [0.2, 0.25) is 0 Å². The SMILES string of the molecule is CSc1cc(CCl)ccc1NN. The average Bonchev–Trinajstić information content (AvgIpc) is 2.16. The predicted octanol–water partition coefficient (Wildman–Crippen LogP) is 2.43. The van der Waals surface area contributed by atoms with Crippen LogP contribution in [0.1, 0.15) is 5.56 Å². The zero-order valence-corrected chi connectivity index (χ0v) is 8.38. The second kappa shape index (κ2) is 4.60. The summed E-state index contributed by atoms with van der Waals surface area (Å²) in [5.74, 6) is 5.86. The van der Waals surface area contributed by atoms with Gasteiger partial charge >= 0.3 is 0 Å². The van der Waals surface area contributed by atoms with E-state index in [0.717, 1.165) is 16.1 Å². The smallest absolute Gasteiger partial charge is 0.0621 e. The van der Waals surface area contributed by atoms with Gasteiger partial charge in [-0.05, 0) is 24.0 Å². The molecule has 0 aliphatic carbocycles. The zero-order valence-electron chi connectivity index (χ0n) is 6.80. The van der Waals surface area contributed by atoms with Crippen molar-refractivity contribution < 1.29 is 0 Å². The Morgan fingerprint density at radius 3 is 2.83 bits per heavy atom. The number of anilines is 1. The summed E-state index contributed by atoms with van der Waals surface area (Å²) in [6.07, 6.45) is 2.01. The van der Waals surface area contributed by atoms with Gasteiger partial charge in [0.25, 0.3) is 0 Å². The summed E-state index contributed by atoms with van der Waals surface area (Å²) >= 11 is 7.34. The van der Waals surface area contributed by atoms with Gasteiger partial charge in [0.1, 0.15) is 0 Å². The average molecular weight is 203 g/mol. The third-order valence-electron chi connectivity index (χ3n) is 1.58. The summed E-state index contributed by atoms with van der Waals surface area (Å²) in [7, 11) is 0. The quantitative estimate of drug-likeness (QED) is 0.342. The molecule has 0 aliphatic heterocycles. The first-order valence-electron chi connectivity index (χ1n) is 3.51. The minimum atomic E-state index is 0.540. The molecule has 3 N–H and O–H groups in total. The van der Waals surface area contributed by atoms with Crippen LogP contribution in [-0.4, -0.2) is 6.26 Å². The maximum absolute atomic E-state index is 5.69. The van der Waals surface area contributed by atoms with Crippen molar-refractivity contribution in [3.63, 3.8) is 0 Å². The molecule has 0 unspecified atom stereocenters. The topological polar surface area (TPSA) is 38.0 Å². The fraction of sp³-hybridized carbons (Fsp3) is 0.250. The lowest BCUT2D eigenvalue weighted by atomic mass is 10.2. The van der Waals surface area contributed by atoms with Gasteiger partial charge in [0.2, 0.25) is 0 Å². The van der Waals surface area contributed by atoms with Crippen LogP contribution in [-0.2, 0) is 5.88 Å². The van der Waals surface area contributed by atoms with Crippen molar-refractivity contribution in [1.82, 2.24) is 0 Å². The molecule has 0 heterocycles. The van der Waals surface area contributed by atoms with Crippen molar-refractivity contribution in [3.05, 3.63) is 23.8 Å². The summed E-state index contributed by atoms with van der Waals surface area (Å²) in [6, 6.07) is 5.93. The van der Waals surface area contributed by atoms with Gasteiger partial charge < -0.3 is 5.43 Å². The molecule has 0 spiro atoms. The van der Waals surface area contributed by atoms with E-state index in [4.69, 9.17) is 17.4 Å². The highest BCUT2D eigenvalue weighted by molar-refractivity contribution is 7.98. The van der Waals surface area contributed by atoms with Crippen LogP contribution in [0.25, 0.3) is 0 Å². The number of thioether (sulfide) groups is 1. The number of hydrogen-bond donors (Lipinski definition) is 2. The van der Waals surface area contributed by atoms with Gasteiger partial charge in [0.15, 0.2) is 0 Å². The lowest BCUT2D eigenvalue weighted by Crippen LogP contribution is -2.07. The molecule has 1 aromatic carbocycles. The van der Waals surface area contributed by atoms with Crippen molar-refractivity contribution in [2.75, 3.05) is 11.7 Å². The van der Waals surface area contributed by atoms with Gasteiger partial charge in [-0.25, -0.2) is 0 Å². The predicted molar refractivity (Wildman–Crippen MR) is 55.6 cm³/mol. The van der Waals surface area contributed by atoms with E-state index in [-0.39, 0.29) is 0 Å². The molecule has 0 atom stereocenters. The molecule has 4 heteroatoms. The number of hydrogen-bond acceptors (Lipinski definition) is 3. The molecule has 2 nitrogen and oxygen atoms in total. The van der Waals surface area contributed by atoms with Crippen LogP contribution in [0.5, 0.6) is 0 Å². The Labute approximate surface area is 81.4 Å². The summed E-state index contributed by atoms with van der Waals surface area (Å²) in [4.78, 5) is 1.12. The molecule has 0 aliphatic rings. The summed E-state index contributed by atoms with van der Waals surface area (Å²) in [5, 5.41) is 0. The summed E-state index contributed by atoms with van der Waals surface area (Å²) < 4.78 is 0. The molecule has 0 saturated carbocycles. The molecule has 12 heavy (non-hydrogen) atoms. The number of hydrazine groups is 1. The minimum Gasteiger partial charge on any atom is -0.323 e. The van der Waals surface area contributed by atoms with Gasteiger partial charge in [0.05, 0.1) is 5.69 Å². The molecular formula is C8H11ClN2S. The van der Waals surface area contributed by atoms with E-state index >= 15 is 0 Å². The normalized spacial score (nSPS) is 9.92. The maximum Gasteiger partial charge on any atom is 0.0621 e. The Morgan fingerprint density at radius 1 is 1.58 bits per heavy atom. The first-order valence-corrected chi connectivity index (χ1v) is 5.27. The number of alkyl halides is 1. The van der Waals surface area contributed by atoms with Gasteiger partial charge in [-0.1, -0.05) is 6.07 Å². The summed E-state index contributed by atoms with van der Waals surface area (Å²) in [6.45, 7) is 0. The highest BCUT2D eigenvalue weighted by Gasteiger charge is 2.00. The van der Waals surface area contributed by atoms with Crippen molar-refractivity contribution in [2.24, 2.45) is 5.84 Å². The fourth-order valence-corrected chi connectivity index (χ4v) is 1.72. The molecule has 0 radical (unpaired) electrons. The fourth-order valence-electron chi connectivity index (χ4n) is 0.938. The van der Waals surface area contributed by atoms with Gasteiger partial charge in [-0.3, -0.25) is 5.84 Å². The van der Waals surface area contributed by atoms with Crippen LogP contribution in [0.4, 0.5) is 5.69 Å². The minimum absolute atomic E-state index is 0.540. The molecule has 0 fully saturated rings. The van der Waals surface area contributed by atoms with Crippen LogP contribution in [0.15, 0.2) is 23.1 Å². The largest absolute Gasteiger partial charge is 0.323 e. The van der Waals surface area contributed by atoms with Gasteiger partial charge in [-0.15, -0.1) is 23.4 Å². The Morgan fingerprint density at radius 2 is 2.33 bits per heavy atom. The Hall–Kier alpha value is -0.380. The van der Waals surface area contributed by atoms with Crippen molar-refractivity contribution in [3.8, 4) is 0 Å². The van der Waals surface area contributed by atoms with Crippen molar-refractivity contribution >= 4 is 29.1 Å². The molecular weight excluding hydrogens is 192 g/mol. The van der Waals surface area contributed by atoms with E-state index in [1.54, 1.807) is 11.8 Å². The van der Waals surface area contributed by atoms with E-state index < -0.39 is 0 Å². The highest BCUT2D eigenvalue weighted by Crippen LogP contribution is 2.26. The maximum atomic E-state index is 5.69. The monoisotopic (exact) mass is 202 g/mol. The van der Waals surface area contributed by atoms with E-state index in [9.17, 15) is 0 Å². The molecule has 0 saturated heterocycles. The van der Waals surface area contributed by atoms with Crippen LogP contribution >= 0.6 is 23.4 Å². The number of halogens is 1.